The predicted octanol–water partition coefficient (Wildman–Crippen LogP) is 3.40. The molecule has 6 nitrogen and oxygen atoms in total. The van der Waals surface area contributed by atoms with Crippen molar-refractivity contribution >= 4 is 39.9 Å². The first kappa shape index (κ1) is 17.8. The third kappa shape index (κ3) is 3.81. The molecule has 0 spiro atoms. The maximum absolute atomic E-state index is 9.60. The van der Waals surface area contributed by atoms with Gasteiger partial charge < -0.3 is 15.2 Å². The fourth-order valence-corrected chi connectivity index (χ4v) is 2.80. The quantitative estimate of drug-likeness (QED) is 0.641. The average Bonchev–Trinajstić information content (AvgIpc) is 3.01. The van der Waals surface area contributed by atoms with Gasteiger partial charge in [-0.3, -0.25) is 0 Å². The van der Waals surface area contributed by atoms with Crippen LogP contribution in [0.4, 0.5) is 5.69 Å². The van der Waals surface area contributed by atoms with E-state index in [1.54, 1.807) is 19.2 Å². The summed E-state index contributed by atoms with van der Waals surface area (Å²) in [5, 5.41) is 22.3. The number of ether oxygens (including phenoxy) is 1. The van der Waals surface area contributed by atoms with Crippen molar-refractivity contribution < 1.29 is 9.84 Å². The van der Waals surface area contributed by atoms with Crippen LogP contribution in [0.5, 0.6) is 5.75 Å². The van der Waals surface area contributed by atoms with Crippen LogP contribution in [-0.2, 0) is 0 Å². The van der Waals surface area contributed by atoms with E-state index in [1.165, 1.54) is 4.80 Å². The summed E-state index contributed by atoms with van der Waals surface area (Å²) in [7, 11) is 1.57. The van der Waals surface area contributed by atoms with Crippen LogP contribution in [0.1, 0.15) is 5.56 Å². The van der Waals surface area contributed by atoms with Crippen molar-refractivity contribution in [3.05, 3.63) is 40.9 Å². The number of aliphatic hydroxyl groups excluding tert-OH is 1. The van der Waals surface area contributed by atoms with E-state index in [0.29, 0.717) is 17.3 Å². The number of hydrogen-bond donors (Lipinski definition) is 2. The second-order valence-corrected chi connectivity index (χ2v) is 6.37. The molecule has 1 heterocycles. The number of fused-ring (bicyclic) bond motifs is 1. The van der Waals surface area contributed by atoms with Crippen LogP contribution >= 0.6 is 23.2 Å². The Labute approximate surface area is 155 Å². The molecule has 1 atom stereocenters. The van der Waals surface area contributed by atoms with E-state index >= 15 is 0 Å². The number of aryl methyl sites for hydroxylation is 1. The SMILES string of the molecule is COc1ccc(-n2nc3cc(C)c(NCC(O)CCl)cc3n2)cc1Cl. The molecular formula is C17H18Cl2N4O2. The highest BCUT2D eigenvalue weighted by atomic mass is 35.5. The fourth-order valence-electron chi connectivity index (χ4n) is 2.44. The summed E-state index contributed by atoms with van der Waals surface area (Å²) in [6.07, 6.45) is -0.603. The summed E-state index contributed by atoms with van der Waals surface area (Å²) < 4.78 is 5.16. The Morgan fingerprint density at radius 2 is 1.96 bits per heavy atom. The second-order valence-electron chi connectivity index (χ2n) is 5.65. The van der Waals surface area contributed by atoms with Gasteiger partial charge in [0.15, 0.2) is 0 Å². The lowest BCUT2D eigenvalue weighted by atomic mass is 10.1. The number of rotatable bonds is 6. The Hall–Kier alpha value is -2.02. The number of nitrogens with zero attached hydrogens (tertiary/aromatic N) is 3. The third-order valence-electron chi connectivity index (χ3n) is 3.80. The van der Waals surface area contributed by atoms with Gasteiger partial charge in [-0.25, -0.2) is 0 Å². The smallest absolute Gasteiger partial charge is 0.137 e. The molecule has 0 saturated carbocycles. The van der Waals surface area contributed by atoms with Crippen molar-refractivity contribution in [1.82, 2.24) is 15.0 Å². The van der Waals surface area contributed by atoms with Crippen LogP contribution in [0.15, 0.2) is 30.3 Å². The van der Waals surface area contributed by atoms with Crippen molar-refractivity contribution in [3.63, 3.8) is 0 Å². The zero-order valence-corrected chi connectivity index (χ0v) is 15.3. The number of halogens is 2. The lowest BCUT2D eigenvalue weighted by Crippen LogP contribution is -2.21. The van der Waals surface area contributed by atoms with Crippen LogP contribution in [0.3, 0.4) is 0 Å². The molecule has 0 bridgehead atoms. The van der Waals surface area contributed by atoms with Gasteiger partial charge in [0.25, 0.3) is 0 Å². The van der Waals surface area contributed by atoms with Crippen molar-refractivity contribution in [2.75, 3.05) is 24.9 Å². The number of nitrogens with one attached hydrogen (secondary N) is 1. The topological polar surface area (TPSA) is 72.2 Å². The Bertz CT molecular complexity index is 898. The van der Waals surface area contributed by atoms with Gasteiger partial charge in [-0.2, -0.15) is 4.80 Å². The van der Waals surface area contributed by atoms with Crippen molar-refractivity contribution in [3.8, 4) is 11.4 Å². The van der Waals surface area contributed by atoms with Gasteiger partial charge in [-0.15, -0.1) is 21.8 Å². The standard InChI is InChI=1S/C17H18Cl2N4O2/c1-10-5-15-16(7-14(10)20-9-12(24)8-18)22-23(21-15)11-3-4-17(25-2)13(19)6-11/h3-7,12,20,24H,8-9H2,1-2H3. The van der Waals surface area contributed by atoms with Gasteiger partial charge in [0, 0.05) is 12.2 Å². The minimum Gasteiger partial charge on any atom is -0.495 e. The highest BCUT2D eigenvalue weighted by molar-refractivity contribution is 6.32. The number of anilines is 1. The van der Waals surface area contributed by atoms with Gasteiger partial charge in [-0.1, -0.05) is 11.6 Å². The van der Waals surface area contributed by atoms with Crippen molar-refractivity contribution in [2.45, 2.75) is 13.0 Å². The molecule has 1 unspecified atom stereocenters. The van der Waals surface area contributed by atoms with Crippen LogP contribution in [0, 0.1) is 6.92 Å². The molecule has 0 fully saturated rings. The Morgan fingerprint density at radius 3 is 2.60 bits per heavy atom. The summed E-state index contributed by atoms with van der Waals surface area (Å²) in [4.78, 5) is 1.53. The molecule has 3 aromatic rings. The summed E-state index contributed by atoms with van der Waals surface area (Å²) >= 11 is 11.8. The second kappa shape index (κ2) is 7.47. The van der Waals surface area contributed by atoms with Crippen molar-refractivity contribution in [1.29, 1.82) is 0 Å². The highest BCUT2D eigenvalue weighted by Gasteiger charge is 2.11. The lowest BCUT2D eigenvalue weighted by Gasteiger charge is -2.11. The van der Waals surface area contributed by atoms with Gasteiger partial charge in [-0.05, 0) is 42.8 Å². The minimum atomic E-state index is -0.603. The number of benzene rings is 2. The lowest BCUT2D eigenvalue weighted by molar-refractivity contribution is 0.211. The molecule has 2 aromatic carbocycles. The number of aromatic nitrogens is 3. The summed E-state index contributed by atoms with van der Waals surface area (Å²) in [5.41, 5.74) is 4.14. The molecule has 0 saturated heterocycles. The zero-order valence-electron chi connectivity index (χ0n) is 13.8. The number of alkyl halides is 1. The molecule has 2 N–H and O–H groups in total. The van der Waals surface area contributed by atoms with Gasteiger partial charge >= 0.3 is 0 Å². The van der Waals surface area contributed by atoms with E-state index in [9.17, 15) is 5.11 Å². The average molecular weight is 381 g/mol. The van der Waals surface area contributed by atoms with E-state index in [1.807, 2.05) is 25.1 Å². The first-order valence-corrected chi connectivity index (χ1v) is 8.62. The monoisotopic (exact) mass is 380 g/mol. The summed E-state index contributed by atoms with van der Waals surface area (Å²) in [6, 6.07) is 9.21. The third-order valence-corrected chi connectivity index (χ3v) is 4.45. The van der Waals surface area contributed by atoms with Gasteiger partial charge in [0.05, 0.1) is 29.8 Å². The normalized spacial score (nSPS) is 12.4. The molecule has 8 heteroatoms. The molecular weight excluding hydrogens is 363 g/mol. The molecule has 0 aliphatic rings. The molecule has 1 aromatic heterocycles. The molecule has 25 heavy (non-hydrogen) atoms. The number of methoxy groups -OCH3 is 1. The zero-order chi connectivity index (χ0) is 18.0. The molecule has 0 aliphatic carbocycles. The molecule has 132 valence electrons. The molecule has 3 rings (SSSR count). The number of aliphatic hydroxyl groups is 1. The fraction of sp³-hybridized carbons (Fsp3) is 0.294. The minimum absolute atomic E-state index is 0.183. The Kier molecular flexibility index (Phi) is 5.32. The van der Waals surface area contributed by atoms with E-state index in [4.69, 9.17) is 27.9 Å². The highest BCUT2D eigenvalue weighted by Crippen LogP contribution is 2.27. The van der Waals surface area contributed by atoms with E-state index in [2.05, 4.69) is 15.5 Å². The van der Waals surface area contributed by atoms with Crippen LogP contribution in [0.2, 0.25) is 5.02 Å². The van der Waals surface area contributed by atoms with Crippen LogP contribution < -0.4 is 10.1 Å². The van der Waals surface area contributed by atoms with Gasteiger partial charge in [0.2, 0.25) is 0 Å². The Balaban J connectivity index is 1.93. The molecule has 0 amide bonds. The first-order valence-electron chi connectivity index (χ1n) is 7.71. The maximum atomic E-state index is 9.60. The van der Waals surface area contributed by atoms with E-state index in [0.717, 1.165) is 28.0 Å². The van der Waals surface area contributed by atoms with Gasteiger partial charge in [0.1, 0.15) is 16.8 Å². The molecule has 0 radical (unpaired) electrons. The van der Waals surface area contributed by atoms with Crippen LogP contribution in [-0.4, -0.2) is 45.7 Å². The first-order chi connectivity index (χ1) is 12.0. The van der Waals surface area contributed by atoms with E-state index in [-0.39, 0.29) is 5.88 Å². The van der Waals surface area contributed by atoms with Crippen molar-refractivity contribution in [2.24, 2.45) is 0 Å². The molecule has 0 aliphatic heterocycles. The number of hydrogen-bond acceptors (Lipinski definition) is 5. The largest absolute Gasteiger partial charge is 0.495 e. The predicted molar refractivity (Wildman–Crippen MR) is 100 cm³/mol. The Morgan fingerprint density at radius 1 is 1.24 bits per heavy atom. The summed E-state index contributed by atoms with van der Waals surface area (Å²) in [6.45, 7) is 2.34. The van der Waals surface area contributed by atoms with E-state index < -0.39 is 6.10 Å². The summed E-state index contributed by atoms with van der Waals surface area (Å²) in [5.74, 6) is 0.783. The maximum Gasteiger partial charge on any atom is 0.137 e. The van der Waals surface area contributed by atoms with Crippen LogP contribution in [0.25, 0.3) is 16.7 Å².